The minimum atomic E-state index is -3.54. The maximum absolute atomic E-state index is 12.0. The van der Waals surface area contributed by atoms with Crippen molar-refractivity contribution < 1.29 is 13.2 Å². The van der Waals surface area contributed by atoms with Crippen molar-refractivity contribution in [1.29, 1.82) is 0 Å². The first-order valence-electron chi connectivity index (χ1n) is 7.54. The summed E-state index contributed by atoms with van der Waals surface area (Å²) in [7, 11) is -2.17. The molecule has 1 aromatic rings. The van der Waals surface area contributed by atoms with E-state index in [1.54, 1.807) is 19.1 Å². The Balaban J connectivity index is 2.06. The van der Waals surface area contributed by atoms with Gasteiger partial charge in [0.2, 0.25) is 10.0 Å². The summed E-state index contributed by atoms with van der Waals surface area (Å²) in [4.78, 5) is 12.2. The molecule has 0 aliphatic heterocycles. The van der Waals surface area contributed by atoms with E-state index in [1.165, 1.54) is 19.5 Å². The van der Waals surface area contributed by atoms with Crippen LogP contribution in [0.25, 0.3) is 0 Å². The maximum Gasteiger partial charge on any atom is 0.319 e. The molecule has 22 heavy (non-hydrogen) atoms. The Labute approximate surface area is 131 Å². The third-order valence-electron chi connectivity index (χ3n) is 3.94. The standard InChI is InChI=1S/C15H23N3O3S/c1-11-8-9-13(10-14(11)22(20,21)16-2)18-15(19)17-12-6-4-3-5-7-12/h8-10,12,16H,3-7H2,1-2H3,(H2,17,18,19). The van der Waals surface area contributed by atoms with Gasteiger partial charge in [-0.05, 0) is 44.5 Å². The van der Waals surface area contributed by atoms with Crippen molar-refractivity contribution in [1.82, 2.24) is 10.0 Å². The molecule has 0 aromatic heterocycles. The van der Waals surface area contributed by atoms with Gasteiger partial charge in [0.15, 0.2) is 0 Å². The van der Waals surface area contributed by atoms with Crippen LogP contribution in [0.4, 0.5) is 10.5 Å². The average Bonchev–Trinajstić information content (AvgIpc) is 2.50. The first kappa shape index (κ1) is 16.8. The van der Waals surface area contributed by atoms with Gasteiger partial charge in [-0.1, -0.05) is 25.3 Å². The first-order valence-corrected chi connectivity index (χ1v) is 9.02. The highest BCUT2D eigenvalue weighted by molar-refractivity contribution is 7.89. The summed E-state index contributed by atoms with van der Waals surface area (Å²) in [6, 6.07) is 4.77. The molecule has 3 N–H and O–H groups in total. The molecule has 6 nitrogen and oxygen atoms in total. The molecule has 122 valence electrons. The van der Waals surface area contributed by atoms with E-state index in [0.29, 0.717) is 11.3 Å². The van der Waals surface area contributed by atoms with E-state index in [1.807, 2.05) is 0 Å². The summed E-state index contributed by atoms with van der Waals surface area (Å²) in [5, 5.41) is 5.65. The number of aryl methyl sites for hydroxylation is 1. The van der Waals surface area contributed by atoms with E-state index in [4.69, 9.17) is 0 Å². The number of hydrogen-bond acceptors (Lipinski definition) is 3. The lowest BCUT2D eigenvalue weighted by Gasteiger charge is -2.23. The smallest absolute Gasteiger partial charge is 0.319 e. The van der Waals surface area contributed by atoms with Gasteiger partial charge in [0, 0.05) is 11.7 Å². The Kier molecular flexibility index (Phi) is 5.42. The number of carbonyl (C=O) groups excluding carboxylic acids is 1. The van der Waals surface area contributed by atoms with Crippen molar-refractivity contribution >= 4 is 21.7 Å². The highest BCUT2D eigenvalue weighted by atomic mass is 32.2. The highest BCUT2D eigenvalue weighted by Crippen LogP contribution is 2.20. The topological polar surface area (TPSA) is 87.3 Å². The zero-order valence-electron chi connectivity index (χ0n) is 13.0. The van der Waals surface area contributed by atoms with Crippen LogP contribution >= 0.6 is 0 Å². The lowest BCUT2D eigenvalue weighted by Crippen LogP contribution is -2.39. The van der Waals surface area contributed by atoms with Crippen LogP contribution in [0.2, 0.25) is 0 Å². The van der Waals surface area contributed by atoms with Crippen molar-refractivity contribution in [2.45, 2.75) is 50.0 Å². The van der Waals surface area contributed by atoms with Crippen molar-refractivity contribution in [3.8, 4) is 0 Å². The molecule has 0 atom stereocenters. The van der Waals surface area contributed by atoms with Gasteiger partial charge in [-0.2, -0.15) is 0 Å². The van der Waals surface area contributed by atoms with Gasteiger partial charge >= 0.3 is 6.03 Å². The first-order chi connectivity index (χ1) is 10.4. The van der Waals surface area contributed by atoms with Crippen LogP contribution in [0.3, 0.4) is 0 Å². The Morgan fingerprint density at radius 1 is 1.18 bits per heavy atom. The lowest BCUT2D eigenvalue weighted by molar-refractivity contribution is 0.244. The minimum Gasteiger partial charge on any atom is -0.335 e. The molecular weight excluding hydrogens is 302 g/mol. The van der Waals surface area contributed by atoms with Crippen molar-refractivity contribution in [3.63, 3.8) is 0 Å². The quantitative estimate of drug-likeness (QED) is 0.794. The van der Waals surface area contributed by atoms with Crippen LogP contribution in [0.1, 0.15) is 37.7 Å². The van der Waals surface area contributed by atoms with Gasteiger partial charge in [0.05, 0.1) is 4.90 Å². The number of nitrogens with one attached hydrogen (secondary N) is 3. The van der Waals surface area contributed by atoms with E-state index in [0.717, 1.165) is 25.7 Å². The van der Waals surface area contributed by atoms with Crippen LogP contribution in [0, 0.1) is 6.92 Å². The van der Waals surface area contributed by atoms with Crippen molar-refractivity contribution in [2.75, 3.05) is 12.4 Å². The van der Waals surface area contributed by atoms with Gasteiger partial charge in [-0.3, -0.25) is 0 Å². The van der Waals surface area contributed by atoms with Gasteiger partial charge in [-0.15, -0.1) is 0 Å². The monoisotopic (exact) mass is 325 g/mol. The molecule has 1 aliphatic carbocycles. The van der Waals surface area contributed by atoms with Gasteiger partial charge < -0.3 is 10.6 Å². The molecule has 0 radical (unpaired) electrons. The zero-order valence-corrected chi connectivity index (χ0v) is 13.8. The second-order valence-corrected chi connectivity index (χ2v) is 7.48. The lowest BCUT2D eigenvalue weighted by atomic mass is 9.96. The number of urea groups is 1. The second kappa shape index (κ2) is 7.11. The van der Waals surface area contributed by atoms with Gasteiger partial charge in [0.25, 0.3) is 0 Å². The number of benzene rings is 1. The molecule has 1 fully saturated rings. The van der Waals surface area contributed by atoms with Crippen molar-refractivity contribution in [3.05, 3.63) is 23.8 Å². The van der Waals surface area contributed by atoms with E-state index in [-0.39, 0.29) is 17.0 Å². The molecule has 2 rings (SSSR count). The highest BCUT2D eigenvalue weighted by Gasteiger charge is 2.18. The van der Waals surface area contributed by atoms with E-state index < -0.39 is 10.0 Å². The number of amides is 2. The number of hydrogen-bond donors (Lipinski definition) is 3. The van der Waals surface area contributed by atoms with Crippen LogP contribution in [-0.2, 0) is 10.0 Å². The predicted molar refractivity (Wildman–Crippen MR) is 86.5 cm³/mol. The fraction of sp³-hybridized carbons (Fsp3) is 0.533. The number of anilines is 1. The van der Waals surface area contributed by atoms with E-state index in [9.17, 15) is 13.2 Å². The average molecular weight is 325 g/mol. The molecule has 1 aromatic carbocycles. The van der Waals surface area contributed by atoms with Crippen LogP contribution in [0.5, 0.6) is 0 Å². The summed E-state index contributed by atoms with van der Waals surface area (Å²) in [6.07, 6.45) is 5.50. The summed E-state index contributed by atoms with van der Waals surface area (Å²) < 4.78 is 26.2. The van der Waals surface area contributed by atoms with Crippen LogP contribution in [0.15, 0.2) is 23.1 Å². The van der Waals surface area contributed by atoms with Gasteiger partial charge in [0.1, 0.15) is 0 Å². The van der Waals surface area contributed by atoms with E-state index in [2.05, 4.69) is 15.4 Å². The normalized spacial score (nSPS) is 16.3. The molecule has 2 amide bonds. The molecule has 1 aliphatic rings. The Hall–Kier alpha value is -1.60. The third kappa shape index (κ3) is 4.20. The summed E-state index contributed by atoms with van der Waals surface area (Å²) in [5.41, 5.74) is 1.10. The Bertz CT molecular complexity index is 637. The van der Waals surface area contributed by atoms with Gasteiger partial charge in [-0.25, -0.2) is 17.9 Å². The fourth-order valence-corrected chi connectivity index (χ4v) is 3.67. The zero-order chi connectivity index (χ0) is 16.2. The van der Waals surface area contributed by atoms with Crippen molar-refractivity contribution in [2.24, 2.45) is 0 Å². The molecule has 0 saturated heterocycles. The number of rotatable bonds is 4. The Morgan fingerprint density at radius 3 is 2.50 bits per heavy atom. The van der Waals surface area contributed by atoms with Crippen LogP contribution < -0.4 is 15.4 Å². The van der Waals surface area contributed by atoms with Crippen LogP contribution in [-0.4, -0.2) is 27.5 Å². The third-order valence-corrected chi connectivity index (χ3v) is 5.50. The molecule has 1 saturated carbocycles. The fourth-order valence-electron chi connectivity index (χ4n) is 2.68. The largest absolute Gasteiger partial charge is 0.335 e. The summed E-state index contributed by atoms with van der Waals surface area (Å²) in [5.74, 6) is 0. The molecule has 0 spiro atoms. The molecule has 0 unspecified atom stereocenters. The molecule has 0 bridgehead atoms. The Morgan fingerprint density at radius 2 is 1.86 bits per heavy atom. The summed E-state index contributed by atoms with van der Waals surface area (Å²) >= 11 is 0. The minimum absolute atomic E-state index is 0.172. The summed E-state index contributed by atoms with van der Waals surface area (Å²) in [6.45, 7) is 1.72. The van der Waals surface area contributed by atoms with E-state index >= 15 is 0 Å². The molecule has 0 heterocycles. The predicted octanol–water partition coefficient (Wildman–Crippen LogP) is 2.36. The SMILES string of the molecule is CNS(=O)(=O)c1cc(NC(=O)NC2CCCCC2)ccc1C. The molecule has 7 heteroatoms. The number of sulfonamides is 1. The second-order valence-electron chi connectivity index (χ2n) is 5.62. The molecular formula is C15H23N3O3S. The maximum atomic E-state index is 12.0. The number of carbonyl (C=O) groups is 1.